The third kappa shape index (κ3) is 2.68. The summed E-state index contributed by atoms with van der Waals surface area (Å²) in [6, 6.07) is 14.5. The van der Waals surface area contributed by atoms with Gasteiger partial charge in [-0.05, 0) is 24.3 Å². The number of oxazole rings is 2. The highest BCUT2D eigenvalue weighted by Gasteiger charge is 2.43. The van der Waals surface area contributed by atoms with Crippen LogP contribution in [0.3, 0.4) is 0 Å². The highest BCUT2D eigenvalue weighted by atomic mass is 32.2. The third-order valence-electron chi connectivity index (χ3n) is 5.52. The van der Waals surface area contributed by atoms with E-state index in [1.54, 1.807) is 0 Å². The Morgan fingerprint density at radius 1 is 0.969 bits per heavy atom. The van der Waals surface area contributed by atoms with Gasteiger partial charge in [-0.15, -0.1) is 0 Å². The Hall–Kier alpha value is -3.70. The first-order valence-corrected chi connectivity index (χ1v) is 11.3. The molecular weight excluding hydrogens is 432 g/mol. The molecule has 32 heavy (non-hydrogen) atoms. The molecule has 0 saturated heterocycles. The zero-order chi connectivity index (χ0) is 22.0. The van der Waals surface area contributed by atoms with Crippen LogP contribution in [0.15, 0.2) is 63.7 Å². The normalized spacial score (nSPS) is 16.5. The third-order valence-corrected chi connectivity index (χ3v) is 7.24. The van der Waals surface area contributed by atoms with E-state index in [0.29, 0.717) is 52.0 Å². The van der Waals surface area contributed by atoms with Crippen molar-refractivity contribution in [1.82, 2.24) is 23.2 Å². The van der Waals surface area contributed by atoms with E-state index >= 15 is 0 Å². The number of imidazole rings is 1. The number of para-hydroxylation sites is 4. The first kappa shape index (κ1) is 19.0. The number of hydrogen-bond donors (Lipinski definition) is 0. The van der Waals surface area contributed by atoms with E-state index in [4.69, 9.17) is 8.83 Å². The summed E-state index contributed by atoms with van der Waals surface area (Å²) in [7, 11) is -0.868. The van der Waals surface area contributed by atoms with Crippen molar-refractivity contribution in [2.45, 2.75) is 12.6 Å². The van der Waals surface area contributed by atoms with Crippen LogP contribution < -0.4 is 4.90 Å². The smallest absolute Gasteiger partial charge is 0.308 e. The molecule has 0 radical (unpaired) electrons. The van der Waals surface area contributed by atoms with Gasteiger partial charge in [-0.25, -0.2) is 13.9 Å². The fraction of sp³-hybridized carbons (Fsp3) is 0.190. The maximum Gasteiger partial charge on any atom is 0.308 e. The van der Waals surface area contributed by atoms with Crippen molar-refractivity contribution in [3.05, 3.63) is 72.1 Å². The SMILES string of the molecule is CN(C)S(=O)(=O)n1cnc2c1C(c1nc3ccccc3o1)N(c1nc3ccccc3o1)C2. The molecule has 0 bridgehead atoms. The summed E-state index contributed by atoms with van der Waals surface area (Å²) in [4.78, 5) is 15.5. The van der Waals surface area contributed by atoms with Gasteiger partial charge < -0.3 is 13.7 Å². The van der Waals surface area contributed by atoms with Crippen LogP contribution in [0.4, 0.5) is 6.01 Å². The Bertz CT molecular complexity index is 1520. The first-order chi connectivity index (χ1) is 15.4. The fourth-order valence-electron chi connectivity index (χ4n) is 3.96. The number of nitrogens with zero attached hydrogens (tertiary/aromatic N) is 6. The molecule has 0 saturated carbocycles. The maximum absolute atomic E-state index is 13.0. The molecule has 1 unspecified atom stereocenters. The second-order valence-corrected chi connectivity index (χ2v) is 9.70. The predicted octanol–water partition coefficient (Wildman–Crippen LogP) is 2.93. The van der Waals surface area contributed by atoms with Crippen LogP contribution in [0, 0.1) is 0 Å². The van der Waals surface area contributed by atoms with Gasteiger partial charge >= 0.3 is 10.2 Å². The lowest BCUT2D eigenvalue weighted by Crippen LogP contribution is -2.32. The maximum atomic E-state index is 13.0. The predicted molar refractivity (Wildman–Crippen MR) is 116 cm³/mol. The molecule has 0 spiro atoms. The van der Waals surface area contributed by atoms with E-state index in [0.717, 1.165) is 4.31 Å². The molecule has 0 N–H and O–H groups in total. The van der Waals surface area contributed by atoms with Gasteiger partial charge in [0.25, 0.3) is 6.01 Å². The number of fused-ring (bicyclic) bond motifs is 3. The number of benzene rings is 2. The van der Waals surface area contributed by atoms with Crippen LogP contribution >= 0.6 is 0 Å². The monoisotopic (exact) mass is 450 g/mol. The zero-order valence-corrected chi connectivity index (χ0v) is 18.0. The molecule has 0 fully saturated rings. The summed E-state index contributed by atoms with van der Waals surface area (Å²) < 4.78 is 40.4. The molecule has 5 aromatic rings. The summed E-state index contributed by atoms with van der Waals surface area (Å²) in [6.07, 6.45) is 1.32. The lowest BCUT2D eigenvalue weighted by atomic mass is 10.2. The van der Waals surface area contributed by atoms with Crippen molar-refractivity contribution in [2.75, 3.05) is 19.0 Å². The van der Waals surface area contributed by atoms with Crippen LogP contribution in [0.25, 0.3) is 22.2 Å². The van der Waals surface area contributed by atoms with Crippen LogP contribution in [0.2, 0.25) is 0 Å². The molecule has 6 rings (SSSR count). The largest absolute Gasteiger partial charge is 0.438 e. The minimum Gasteiger partial charge on any atom is -0.438 e. The summed E-state index contributed by atoms with van der Waals surface area (Å²) >= 11 is 0. The highest BCUT2D eigenvalue weighted by molar-refractivity contribution is 7.87. The second kappa shape index (κ2) is 6.65. The molecular formula is C21H18N6O4S. The molecule has 1 aliphatic heterocycles. The average molecular weight is 450 g/mol. The molecule has 11 heteroatoms. The summed E-state index contributed by atoms with van der Waals surface area (Å²) in [5.41, 5.74) is 3.65. The van der Waals surface area contributed by atoms with Gasteiger partial charge in [0, 0.05) is 14.1 Å². The summed E-state index contributed by atoms with van der Waals surface area (Å²) in [5.74, 6) is 0.336. The van der Waals surface area contributed by atoms with E-state index in [1.165, 1.54) is 24.4 Å². The van der Waals surface area contributed by atoms with Gasteiger partial charge in [0.1, 0.15) is 17.4 Å². The first-order valence-electron chi connectivity index (χ1n) is 9.90. The van der Waals surface area contributed by atoms with Crippen LogP contribution in [0.5, 0.6) is 0 Å². The Balaban J connectivity index is 1.57. The van der Waals surface area contributed by atoms with E-state index in [-0.39, 0.29) is 0 Å². The molecule has 2 aromatic carbocycles. The van der Waals surface area contributed by atoms with E-state index < -0.39 is 16.3 Å². The number of anilines is 1. The van der Waals surface area contributed by atoms with E-state index in [2.05, 4.69) is 15.0 Å². The minimum atomic E-state index is -3.82. The summed E-state index contributed by atoms with van der Waals surface area (Å²) in [5, 5.41) is 0. The molecule has 162 valence electrons. The van der Waals surface area contributed by atoms with E-state index in [1.807, 2.05) is 53.4 Å². The van der Waals surface area contributed by atoms with Gasteiger partial charge in [-0.1, -0.05) is 24.3 Å². The van der Waals surface area contributed by atoms with Crippen molar-refractivity contribution >= 4 is 38.4 Å². The quantitative estimate of drug-likeness (QED) is 0.411. The van der Waals surface area contributed by atoms with Crippen molar-refractivity contribution in [3.63, 3.8) is 0 Å². The molecule has 1 atom stereocenters. The van der Waals surface area contributed by atoms with Gasteiger partial charge in [0.05, 0.1) is 17.9 Å². The van der Waals surface area contributed by atoms with Crippen LogP contribution in [0.1, 0.15) is 23.3 Å². The lowest BCUT2D eigenvalue weighted by Gasteiger charge is -2.22. The second-order valence-electron chi connectivity index (χ2n) is 7.68. The highest BCUT2D eigenvalue weighted by Crippen LogP contribution is 2.42. The molecule has 0 amide bonds. The average Bonchev–Trinajstić information content (AvgIpc) is 3.52. The Morgan fingerprint density at radius 3 is 2.28 bits per heavy atom. The van der Waals surface area contributed by atoms with Crippen molar-refractivity contribution in [2.24, 2.45) is 0 Å². The molecule has 0 aliphatic carbocycles. The Kier molecular flexibility index (Phi) is 3.95. The fourth-order valence-corrected chi connectivity index (χ4v) is 4.93. The molecule has 10 nitrogen and oxygen atoms in total. The Morgan fingerprint density at radius 2 is 1.62 bits per heavy atom. The van der Waals surface area contributed by atoms with Crippen molar-refractivity contribution < 1.29 is 17.3 Å². The topological polar surface area (TPSA) is 110 Å². The van der Waals surface area contributed by atoms with Gasteiger partial charge in [-0.3, -0.25) is 0 Å². The molecule has 3 aromatic heterocycles. The number of aromatic nitrogens is 4. The van der Waals surface area contributed by atoms with E-state index in [9.17, 15) is 8.42 Å². The molecule has 1 aliphatic rings. The number of rotatable bonds is 4. The van der Waals surface area contributed by atoms with Crippen LogP contribution in [-0.4, -0.2) is 45.7 Å². The minimum absolute atomic E-state index is 0.293. The summed E-state index contributed by atoms with van der Waals surface area (Å²) in [6.45, 7) is 0.293. The van der Waals surface area contributed by atoms with Gasteiger partial charge in [0.2, 0.25) is 5.89 Å². The van der Waals surface area contributed by atoms with Crippen LogP contribution in [-0.2, 0) is 16.8 Å². The zero-order valence-electron chi connectivity index (χ0n) is 17.2. The number of hydrogen-bond acceptors (Lipinski definition) is 8. The van der Waals surface area contributed by atoms with Crippen molar-refractivity contribution in [1.29, 1.82) is 0 Å². The van der Waals surface area contributed by atoms with Crippen molar-refractivity contribution in [3.8, 4) is 0 Å². The molecule has 4 heterocycles. The Labute approximate surface area is 182 Å². The van der Waals surface area contributed by atoms with Gasteiger partial charge in [-0.2, -0.15) is 17.7 Å². The standard InChI is InChI=1S/C21H18N6O4S/c1-25(2)32(28,29)27-12-22-15-11-26(21-24-14-8-4-6-10-17(14)31-21)19(18(15)27)20-23-13-7-3-5-9-16(13)30-20/h3-10,12,19H,11H2,1-2H3. The van der Waals surface area contributed by atoms with Gasteiger partial charge in [0.15, 0.2) is 17.2 Å². The lowest BCUT2D eigenvalue weighted by molar-refractivity contribution is 0.464.